The van der Waals surface area contributed by atoms with E-state index in [0.29, 0.717) is 12.0 Å². The van der Waals surface area contributed by atoms with Gasteiger partial charge in [0.2, 0.25) is 0 Å². The van der Waals surface area contributed by atoms with E-state index in [9.17, 15) is 18.0 Å². The number of hydrogen-bond donors (Lipinski definition) is 1. The number of hydrogen-bond acceptors (Lipinski definition) is 3. The van der Waals surface area contributed by atoms with Crippen molar-refractivity contribution >= 4 is 17.9 Å². The van der Waals surface area contributed by atoms with Crippen molar-refractivity contribution in [1.82, 2.24) is 5.32 Å². The molecule has 0 aliphatic heterocycles. The summed E-state index contributed by atoms with van der Waals surface area (Å²) in [6.07, 6.45) is -0.184. The van der Waals surface area contributed by atoms with E-state index in [0.717, 1.165) is 5.56 Å². The Morgan fingerprint density at radius 2 is 1.88 bits per heavy atom. The molecule has 0 saturated carbocycles. The number of alkyl halides is 3. The third kappa shape index (κ3) is 7.99. The second-order valence-corrected chi connectivity index (χ2v) is 6.25. The zero-order valence-corrected chi connectivity index (χ0v) is 14.5. The molecule has 0 fully saturated rings. The van der Waals surface area contributed by atoms with Gasteiger partial charge in [-0.15, -0.1) is 0 Å². The Bertz CT molecular complexity index is 783. The van der Waals surface area contributed by atoms with Crippen LogP contribution in [-0.2, 0) is 11.3 Å². The highest BCUT2D eigenvalue weighted by atomic mass is 32.2. The Morgan fingerprint density at radius 1 is 1.12 bits per heavy atom. The molecule has 0 saturated heterocycles. The maximum atomic E-state index is 12.3. The number of thioether (sulfide) groups is 1. The highest BCUT2D eigenvalue weighted by Gasteiger charge is 2.29. The van der Waals surface area contributed by atoms with E-state index in [4.69, 9.17) is 4.74 Å². The van der Waals surface area contributed by atoms with E-state index >= 15 is 0 Å². The maximum absolute atomic E-state index is 12.3. The lowest BCUT2D eigenvalue weighted by Gasteiger charge is -2.05. The lowest BCUT2D eigenvalue weighted by molar-refractivity contribution is -0.0328. The number of carbonyl (C=O) groups is 1. The summed E-state index contributed by atoms with van der Waals surface area (Å²) < 4.78 is 42.1. The zero-order valence-electron chi connectivity index (χ0n) is 13.7. The number of ether oxygens (including phenoxy) is 1. The molecule has 3 nitrogen and oxygen atoms in total. The van der Waals surface area contributed by atoms with Crippen LogP contribution in [-0.4, -0.2) is 18.1 Å². The van der Waals surface area contributed by atoms with Crippen LogP contribution in [0.15, 0.2) is 59.5 Å². The first-order valence-corrected chi connectivity index (χ1v) is 8.53. The molecule has 0 unspecified atom stereocenters. The average Bonchev–Trinajstić information content (AvgIpc) is 2.59. The van der Waals surface area contributed by atoms with E-state index in [2.05, 4.69) is 17.2 Å². The number of halogens is 3. The Kier molecular flexibility index (Phi) is 7.42. The maximum Gasteiger partial charge on any atom is 0.446 e. The fraction of sp³-hybridized carbons (Fsp3) is 0.211. The molecule has 7 heteroatoms. The number of alkyl carbamates (subject to hydrolysis) is 1. The van der Waals surface area contributed by atoms with Crippen molar-refractivity contribution in [3.8, 4) is 11.8 Å². The van der Waals surface area contributed by atoms with E-state index in [-0.39, 0.29) is 29.8 Å². The molecular weight excluding hydrogens is 363 g/mol. The van der Waals surface area contributed by atoms with Crippen LogP contribution in [0.2, 0.25) is 0 Å². The van der Waals surface area contributed by atoms with Gasteiger partial charge in [-0.3, -0.25) is 0 Å². The van der Waals surface area contributed by atoms with Gasteiger partial charge in [-0.05, 0) is 35.5 Å². The molecule has 0 aliphatic rings. The Labute approximate surface area is 153 Å². The molecule has 0 aromatic heterocycles. The molecule has 1 amide bonds. The Morgan fingerprint density at radius 3 is 2.62 bits per heavy atom. The van der Waals surface area contributed by atoms with Gasteiger partial charge in [0.15, 0.2) is 0 Å². The molecule has 1 N–H and O–H groups in total. The second-order valence-electron chi connectivity index (χ2n) is 5.12. The minimum absolute atomic E-state index is 0.0897. The fourth-order valence-corrected chi connectivity index (χ4v) is 2.54. The van der Waals surface area contributed by atoms with Crippen molar-refractivity contribution in [3.05, 3.63) is 65.7 Å². The van der Waals surface area contributed by atoms with Crippen molar-refractivity contribution in [3.63, 3.8) is 0 Å². The van der Waals surface area contributed by atoms with E-state index in [1.165, 1.54) is 18.2 Å². The lowest BCUT2D eigenvalue weighted by atomic mass is 10.2. The van der Waals surface area contributed by atoms with Gasteiger partial charge in [-0.1, -0.05) is 48.2 Å². The van der Waals surface area contributed by atoms with Crippen LogP contribution >= 0.6 is 11.8 Å². The number of amides is 1. The van der Waals surface area contributed by atoms with Gasteiger partial charge < -0.3 is 10.1 Å². The third-order valence-corrected chi connectivity index (χ3v) is 3.75. The van der Waals surface area contributed by atoms with Gasteiger partial charge in [-0.25, -0.2) is 4.79 Å². The van der Waals surface area contributed by atoms with Crippen molar-refractivity contribution in [2.75, 3.05) is 6.54 Å². The molecule has 0 spiro atoms. The predicted octanol–water partition coefficient (Wildman–Crippen LogP) is 4.97. The van der Waals surface area contributed by atoms with Crippen LogP contribution in [0.3, 0.4) is 0 Å². The zero-order chi connectivity index (χ0) is 18.8. The van der Waals surface area contributed by atoms with Gasteiger partial charge >= 0.3 is 11.6 Å². The SMILES string of the molecule is O=C(NCCC#Cc1cccc(SC(F)(F)F)c1)OCc1ccccc1. The normalized spacial score (nSPS) is 10.6. The molecule has 0 aliphatic carbocycles. The van der Waals surface area contributed by atoms with Crippen molar-refractivity contribution in [2.24, 2.45) is 0 Å². The van der Waals surface area contributed by atoms with Crippen molar-refractivity contribution in [1.29, 1.82) is 0 Å². The first-order chi connectivity index (χ1) is 12.4. The molecule has 2 rings (SSSR count). The number of rotatable bonds is 5. The minimum atomic E-state index is -4.32. The van der Waals surface area contributed by atoms with E-state index in [1.54, 1.807) is 6.07 Å². The quantitative estimate of drug-likeness (QED) is 0.453. The smallest absolute Gasteiger partial charge is 0.445 e. The molecule has 0 bridgehead atoms. The monoisotopic (exact) mass is 379 g/mol. The van der Waals surface area contributed by atoms with Gasteiger partial charge in [-0.2, -0.15) is 13.2 Å². The average molecular weight is 379 g/mol. The largest absolute Gasteiger partial charge is 0.446 e. The van der Waals surface area contributed by atoms with Crippen LogP contribution in [0.4, 0.5) is 18.0 Å². The van der Waals surface area contributed by atoms with Gasteiger partial charge in [0.05, 0.1) is 0 Å². The number of nitrogens with one attached hydrogen (secondary N) is 1. The first-order valence-electron chi connectivity index (χ1n) is 7.71. The minimum Gasteiger partial charge on any atom is -0.445 e. The summed E-state index contributed by atoms with van der Waals surface area (Å²) in [7, 11) is 0. The van der Waals surface area contributed by atoms with E-state index in [1.807, 2.05) is 30.3 Å². The summed E-state index contributed by atoms with van der Waals surface area (Å²) in [4.78, 5) is 11.6. The highest BCUT2D eigenvalue weighted by molar-refractivity contribution is 8.00. The fourth-order valence-electron chi connectivity index (χ4n) is 1.94. The number of benzene rings is 2. The molecule has 0 radical (unpaired) electrons. The molecule has 2 aromatic rings. The van der Waals surface area contributed by atoms with Crippen LogP contribution in [0.1, 0.15) is 17.5 Å². The Hall–Kier alpha value is -2.59. The Balaban J connectivity index is 1.71. The van der Waals surface area contributed by atoms with Crippen molar-refractivity contribution < 1.29 is 22.7 Å². The van der Waals surface area contributed by atoms with Gasteiger partial charge in [0.1, 0.15) is 6.61 Å². The van der Waals surface area contributed by atoms with Crippen LogP contribution in [0.5, 0.6) is 0 Å². The molecule has 2 aromatic carbocycles. The van der Waals surface area contributed by atoms with Crippen molar-refractivity contribution in [2.45, 2.75) is 23.4 Å². The molecule has 0 heterocycles. The highest BCUT2D eigenvalue weighted by Crippen LogP contribution is 2.36. The summed E-state index contributed by atoms with van der Waals surface area (Å²) in [6.45, 7) is 0.472. The van der Waals surface area contributed by atoms with Crippen LogP contribution < -0.4 is 5.32 Å². The summed E-state index contributed by atoms with van der Waals surface area (Å²) in [5.74, 6) is 5.59. The van der Waals surface area contributed by atoms with E-state index < -0.39 is 11.6 Å². The summed E-state index contributed by atoms with van der Waals surface area (Å²) in [5, 5.41) is 2.57. The van der Waals surface area contributed by atoms with Crippen LogP contribution in [0.25, 0.3) is 0 Å². The molecule has 0 atom stereocenters. The predicted molar refractivity (Wildman–Crippen MR) is 94.5 cm³/mol. The standard InChI is InChI=1S/C19H16F3NO2S/c20-19(21,22)26-17-11-6-10-15(13-17)7-4-5-12-23-18(24)25-14-16-8-2-1-3-9-16/h1-3,6,8-11,13H,5,12,14H2,(H,23,24). The summed E-state index contributed by atoms with van der Waals surface area (Å²) in [6, 6.07) is 15.2. The lowest BCUT2D eigenvalue weighted by Crippen LogP contribution is -2.24. The van der Waals surface area contributed by atoms with Gasteiger partial charge in [0, 0.05) is 23.4 Å². The topological polar surface area (TPSA) is 38.3 Å². The third-order valence-electron chi connectivity index (χ3n) is 3.03. The number of carbonyl (C=O) groups excluding carboxylic acids is 1. The summed E-state index contributed by atoms with van der Waals surface area (Å²) in [5.41, 5.74) is -2.94. The van der Waals surface area contributed by atoms with Crippen LogP contribution in [0, 0.1) is 11.8 Å². The molecular formula is C19H16F3NO2S. The second kappa shape index (κ2) is 9.78. The molecule has 26 heavy (non-hydrogen) atoms. The molecule has 136 valence electrons. The summed E-state index contributed by atoms with van der Waals surface area (Å²) >= 11 is -0.175. The van der Waals surface area contributed by atoms with Gasteiger partial charge in [0.25, 0.3) is 0 Å². The first kappa shape index (κ1) is 19.7.